The van der Waals surface area contributed by atoms with Gasteiger partial charge in [0, 0.05) is 18.4 Å². The van der Waals surface area contributed by atoms with Crippen molar-refractivity contribution in [1.29, 1.82) is 0 Å². The predicted molar refractivity (Wildman–Crippen MR) is 161 cm³/mol. The lowest BCUT2D eigenvalue weighted by Crippen LogP contribution is -2.74. The van der Waals surface area contributed by atoms with Gasteiger partial charge in [-0.05, 0) is 49.4 Å². The first kappa shape index (κ1) is 32.5. The first-order chi connectivity index (χ1) is 16.5. The molecule has 1 aliphatic carbocycles. The lowest BCUT2D eigenvalue weighted by Gasteiger charge is -2.52. The molecule has 2 rings (SSSR count). The summed E-state index contributed by atoms with van der Waals surface area (Å²) in [5.74, 6) is -1.43. The first-order valence-corrected chi connectivity index (χ1v) is 22.2. The second-order valence-corrected chi connectivity index (χ2v) is 25.0. The largest absolute Gasteiger partial charge is 0.464 e. The molecule has 2 N–H and O–H groups in total. The molecule has 0 aromatic carbocycles. The van der Waals surface area contributed by atoms with Gasteiger partial charge in [0.15, 0.2) is 13.9 Å². The van der Waals surface area contributed by atoms with Crippen molar-refractivity contribution in [2.75, 3.05) is 16.9 Å². The quantitative estimate of drug-likeness (QED) is 0.120. The number of carbonyl (C=O) groups is 2. The number of rotatable bonds is 11. The Balaban J connectivity index is 2.69. The Morgan fingerprint density at radius 1 is 1.19 bits per heavy atom. The Hall–Kier alpha value is 0.314. The SMILES string of the molecule is CC(C)(C)[Si](C)(C)O[C@@H](C1CCCCC1)[C@@]1(C(=O)OCC[Si](C)(C)C)NC(=O)[C@H](CCCl)[C@@]1(O)CI. The van der Waals surface area contributed by atoms with E-state index in [2.05, 4.69) is 81.4 Å². The third-order valence-electron chi connectivity index (χ3n) is 8.64. The van der Waals surface area contributed by atoms with Crippen LogP contribution in [0.3, 0.4) is 0 Å². The average Bonchev–Trinajstić information content (AvgIpc) is 2.99. The summed E-state index contributed by atoms with van der Waals surface area (Å²) in [6.45, 7) is 17.8. The van der Waals surface area contributed by atoms with Crippen LogP contribution in [-0.2, 0) is 18.8 Å². The molecule has 210 valence electrons. The molecule has 0 spiro atoms. The smallest absolute Gasteiger partial charge is 0.337 e. The van der Waals surface area contributed by atoms with E-state index in [4.69, 9.17) is 20.8 Å². The van der Waals surface area contributed by atoms with Crippen molar-refractivity contribution in [1.82, 2.24) is 5.32 Å². The lowest BCUT2D eigenvalue weighted by atomic mass is 9.67. The number of ether oxygens (including phenoxy) is 1. The predicted octanol–water partition coefficient (Wildman–Crippen LogP) is 6.12. The zero-order valence-electron chi connectivity index (χ0n) is 23.6. The van der Waals surface area contributed by atoms with Crippen molar-refractivity contribution in [2.45, 2.75) is 120 Å². The Labute approximate surface area is 239 Å². The number of halogens is 2. The van der Waals surface area contributed by atoms with E-state index in [9.17, 15) is 14.7 Å². The molecule has 4 atom stereocenters. The molecular weight excluding hydrogens is 625 g/mol. The van der Waals surface area contributed by atoms with Gasteiger partial charge in [-0.3, -0.25) is 4.79 Å². The highest BCUT2D eigenvalue weighted by atomic mass is 127. The molecule has 6 nitrogen and oxygen atoms in total. The van der Waals surface area contributed by atoms with E-state index >= 15 is 0 Å². The maximum atomic E-state index is 14.3. The van der Waals surface area contributed by atoms with E-state index in [-0.39, 0.29) is 40.2 Å². The molecule has 1 heterocycles. The molecule has 1 aliphatic heterocycles. The fraction of sp³-hybridized carbons (Fsp3) is 0.923. The second kappa shape index (κ2) is 12.2. The summed E-state index contributed by atoms with van der Waals surface area (Å²) in [5, 5.41) is 15.3. The zero-order valence-corrected chi connectivity index (χ0v) is 28.6. The first-order valence-electron chi connectivity index (χ1n) is 13.5. The monoisotopic (exact) mass is 673 g/mol. The molecule has 0 unspecified atom stereocenters. The zero-order chi connectivity index (χ0) is 27.6. The topological polar surface area (TPSA) is 84.9 Å². The summed E-state index contributed by atoms with van der Waals surface area (Å²) in [4.78, 5) is 27.7. The van der Waals surface area contributed by atoms with Gasteiger partial charge in [-0.1, -0.05) is 82.3 Å². The van der Waals surface area contributed by atoms with E-state index < -0.39 is 45.5 Å². The number of hydrogen-bond acceptors (Lipinski definition) is 5. The van der Waals surface area contributed by atoms with Gasteiger partial charge < -0.3 is 19.6 Å². The molecule has 2 fully saturated rings. The van der Waals surface area contributed by atoms with E-state index in [0.717, 1.165) is 38.1 Å². The van der Waals surface area contributed by atoms with Gasteiger partial charge in [0.05, 0.1) is 18.6 Å². The molecule has 0 aromatic rings. The molecule has 36 heavy (non-hydrogen) atoms. The number of aliphatic hydroxyl groups is 1. The third kappa shape index (κ3) is 6.71. The van der Waals surface area contributed by atoms with Gasteiger partial charge in [0.2, 0.25) is 5.91 Å². The molecule has 0 radical (unpaired) electrons. The van der Waals surface area contributed by atoms with Crippen LogP contribution in [0.25, 0.3) is 0 Å². The number of hydrogen-bond donors (Lipinski definition) is 2. The van der Waals surface area contributed by atoms with Gasteiger partial charge >= 0.3 is 5.97 Å². The van der Waals surface area contributed by atoms with Gasteiger partial charge in [-0.2, -0.15) is 0 Å². The van der Waals surface area contributed by atoms with Gasteiger partial charge in [-0.25, -0.2) is 4.79 Å². The van der Waals surface area contributed by atoms with Crippen LogP contribution in [0.1, 0.15) is 59.3 Å². The number of nitrogens with one attached hydrogen (secondary N) is 1. The normalized spacial score (nSPS) is 29.2. The average molecular weight is 674 g/mol. The minimum atomic E-state index is -2.40. The Morgan fingerprint density at radius 2 is 1.78 bits per heavy atom. The minimum Gasteiger partial charge on any atom is -0.464 e. The second-order valence-electron chi connectivity index (χ2n) is 13.5. The van der Waals surface area contributed by atoms with Crippen LogP contribution >= 0.6 is 34.2 Å². The van der Waals surface area contributed by atoms with E-state index in [1.54, 1.807) is 0 Å². The number of esters is 1. The fourth-order valence-corrected chi connectivity index (χ4v) is 8.68. The van der Waals surface area contributed by atoms with Crippen LogP contribution in [0, 0.1) is 11.8 Å². The highest BCUT2D eigenvalue weighted by Gasteiger charge is 2.72. The van der Waals surface area contributed by atoms with Crippen molar-refractivity contribution in [2.24, 2.45) is 11.8 Å². The van der Waals surface area contributed by atoms with E-state index in [0.29, 0.717) is 0 Å². The fourth-order valence-electron chi connectivity index (χ4n) is 5.25. The molecule has 0 aromatic heterocycles. The third-order valence-corrected chi connectivity index (χ3v) is 16.2. The molecule has 0 bridgehead atoms. The van der Waals surface area contributed by atoms with Crippen LogP contribution in [0.2, 0.25) is 43.8 Å². The van der Waals surface area contributed by atoms with Gasteiger partial charge in [0.25, 0.3) is 0 Å². The van der Waals surface area contributed by atoms with Crippen LogP contribution in [0.4, 0.5) is 0 Å². The highest BCUT2D eigenvalue weighted by Crippen LogP contribution is 2.50. The number of carbonyl (C=O) groups excluding carboxylic acids is 2. The van der Waals surface area contributed by atoms with Crippen molar-refractivity contribution < 1.29 is 23.9 Å². The Kier molecular flexibility index (Phi) is 11.0. The van der Waals surface area contributed by atoms with E-state index in [1.165, 1.54) is 0 Å². The highest BCUT2D eigenvalue weighted by molar-refractivity contribution is 14.1. The number of alkyl halides is 2. The summed E-state index contributed by atoms with van der Waals surface area (Å²) >= 11 is 8.21. The van der Waals surface area contributed by atoms with Gasteiger partial charge in [-0.15, -0.1) is 11.6 Å². The summed E-state index contributed by atoms with van der Waals surface area (Å²) in [6.07, 6.45) is 4.66. The van der Waals surface area contributed by atoms with Crippen LogP contribution in [-0.4, -0.2) is 67.5 Å². The van der Waals surface area contributed by atoms with Gasteiger partial charge in [0.1, 0.15) is 5.60 Å². The maximum absolute atomic E-state index is 14.3. The minimum absolute atomic E-state index is 0.0435. The summed E-state index contributed by atoms with van der Waals surface area (Å²) in [7, 11) is -3.87. The molecule has 1 saturated heterocycles. The molecule has 2 aliphatic rings. The van der Waals surface area contributed by atoms with E-state index in [1.807, 2.05) is 0 Å². The summed E-state index contributed by atoms with van der Waals surface area (Å²) in [5.41, 5.74) is -3.33. The van der Waals surface area contributed by atoms with Crippen LogP contribution in [0.5, 0.6) is 0 Å². The van der Waals surface area contributed by atoms with Crippen molar-refractivity contribution in [3.63, 3.8) is 0 Å². The molecule has 1 saturated carbocycles. The standard InChI is InChI=1S/C26H49ClINO5Si2/c1-24(2,3)36(7,8)34-21(19-12-10-9-11-13-19)26(23(31)33-16-17-35(4,5)6)25(32,18-28)20(14-15-27)22(30)29-26/h19-21,32H,9-18H2,1-8H3,(H,29,30)/t20-,21-,25-,26-/m0/s1. The Bertz CT molecular complexity index is 781. The molecule has 10 heteroatoms. The summed E-state index contributed by atoms with van der Waals surface area (Å²) in [6, 6.07) is 0.813. The van der Waals surface area contributed by atoms with Crippen LogP contribution in [0.15, 0.2) is 0 Å². The lowest BCUT2D eigenvalue weighted by molar-refractivity contribution is -0.175. The van der Waals surface area contributed by atoms with Crippen LogP contribution < -0.4 is 5.32 Å². The van der Waals surface area contributed by atoms with Crippen molar-refractivity contribution >= 4 is 62.5 Å². The number of amides is 1. The Morgan fingerprint density at radius 3 is 2.25 bits per heavy atom. The van der Waals surface area contributed by atoms with Crippen molar-refractivity contribution in [3.05, 3.63) is 0 Å². The molecular formula is C26H49ClINO5Si2. The maximum Gasteiger partial charge on any atom is 0.337 e. The summed E-state index contributed by atoms with van der Waals surface area (Å²) < 4.78 is 13.3. The molecule has 1 amide bonds. The van der Waals surface area contributed by atoms with Crippen molar-refractivity contribution in [3.8, 4) is 0 Å².